The number of nitrogens with one attached hydrogen (secondary N) is 1. The van der Waals surface area contributed by atoms with Crippen LogP contribution in [0.1, 0.15) is 27.3 Å². The highest BCUT2D eigenvalue weighted by atomic mass is 32.2. The summed E-state index contributed by atoms with van der Waals surface area (Å²) < 4.78 is 2.32. The molecule has 1 aromatic carbocycles. The van der Waals surface area contributed by atoms with Crippen molar-refractivity contribution in [3.8, 4) is 5.69 Å². The summed E-state index contributed by atoms with van der Waals surface area (Å²) in [5, 5.41) is 12.0. The van der Waals surface area contributed by atoms with Crippen LogP contribution in [-0.4, -0.2) is 25.9 Å². The summed E-state index contributed by atoms with van der Waals surface area (Å²) in [5.41, 5.74) is 3.44. The quantitative estimate of drug-likeness (QED) is 0.651. The minimum absolute atomic E-state index is 0.208. The number of nitrogens with zero attached hydrogens (tertiary/aromatic N) is 1. The fourth-order valence-corrected chi connectivity index (χ4v) is 3.75. The van der Waals surface area contributed by atoms with Crippen LogP contribution in [0.4, 0.5) is 0 Å². The van der Waals surface area contributed by atoms with Gasteiger partial charge in [0.05, 0.1) is 16.2 Å². The largest absolute Gasteiger partial charge is 0.478 e. The van der Waals surface area contributed by atoms with Gasteiger partial charge in [-0.1, -0.05) is 36.1 Å². The molecule has 0 spiro atoms. The molecule has 3 rings (SSSR count). The number of hydrogen-bond acceptors (Lipinski definition) is 4. The number of carboxylic acid groups (broad SMARTS) is 1. The zero-order valence-electron chi connectivity index (χ0n) is 13.0. The van der Waals surface area contributed by atoms with Gasteiger partial charge in [-0.25, -0.2) is 4.79 Å². The van der Waals surface area contributed by atoms with Crippen molar-refractivity contribution in [3.63, 3.8) is 0 Å². The standard InChI is InChI=1S/C17H14N2O3S2/c1-9-7-11(8-14-15(20)18-17(23)24-14)10(2)19(9)13-6-4-3-5-12(13)16(21)22/h3-8H,1-2H3,(H,21,22)(H,18,20,23)/b14-8-. The number of benzene rings is 1. The van der Waals surface area contributed by atoms with E-state index < -0.39 is 5.97 Å². The zero-order chi connectivity index (χ0) is 17.4. The predicted octanol–water partition coefficient (Wildman–Crippen LogP) is 3.28. The molecule has 24 heavy (non-hydrogen) atoms. The van der Waals surface area contributed by atoms with E-state index in [1.807, 2.05) is 24.5 Å². The van der Waals surface area contributed by atoms with E-state index in [9.17, 15) is 14.7 Å². The van der Waals surface area contributed by atoms with E-state index in [4.69, 9.17) is 12.2 Å². The summed E-state index contributed by atoms with van der Waals surface area (Å²) in [6, 6.07) is 8.78. The molecule has 2 aromatic rings. The van der Waals surface area contributed by atoms with Gasteiger partial charge in [-0.05, 0) is 43.7 Å². The van der Waals surface area contributed by atoms with Crippen LogP contribution in [0.3, 0.4) is 0 Å². The lowest BCUT2D eigenvalue weighted by Gasteiger charge is -2.12. The molecule has 0 unspecified atom stereocenters. The summed E-state index contributed by atoms with van der Waals surface area (Å²) >= 11 is 6.22. The first-order valence-corrected chi connectivity index (χ1v) is 8.37. The van der Waals surface area contributed by atoms with Crippen molar-refractivity contribution in [1.29, 1.82) is 0 Å². The van der Waals surface area contributed by atoms with Crippen LogP contribution < -0.4 is 5.32 Å². The topological polar surface area (TPSA) is 71.3 Å². The number of thiocarbonyl (C=S) groups is 1. The monoisotopic (exact) mass is 358 g/mol. The van der Waals surface area contributed by atoms with E-state index in [1.165, 1.54) is 11.8 Å². The van der Waals surface area contributed by atoms with Gasteiger partial charge in [0, 0.05) is 11.4 Å². The predicted molar refractivity (Wildman–Crippen MR) is 98.5 cm³/mol. The van der Waals surface area contributed by atoms with Crippen LogP contribution in [0.15, 0.2) is 35.2 Å². The molecule has 2 heterocycles. The molecule has 0 saturated carbocycles. The van der Waals surface area contributed by atoms with Crippen LogP contribution in [0.2, 0.25) is 0 Å². The SMILES string of the molecule is Cc1cc(/C=C2\SC(=S)NC2=O)c(C)n1-c1ccccc1C(=O)O. The number of rotatable bonds is 3. The summed E-state index contributed by atoms with van der Waals surface area (Å²) in [5.74, 6) is -1.19. The third-order valence-electron chi connectivity index (χ3n) is 3.77. The molecule has 2 N–H and O–H groups in total. The number of amides is 1. The molecule has 1 aliphatic rings. The van der Waals surface area contributed by atoms with E-state index in [1.54, 1.807) is 30.3 Å². The molecule has 0 atom stereocenters. The number of aryl methyl sites for hydroxylation is 1. The molecule has 0 bridgehead atoms. The van der Waals surface area contributed by atoms with Gasteiger partial charge in [0.25, 0.3) is 5.91 Å². The van der Waals surface area contributed by atoms with E-state index in [-0.39, 0.29) is 11.5 Å². The molecule has 0 radical (unpaired) electrons. The van der Waals surface area contributed by atoms with Crippen LogP contribution in [-0.2, 0) is 4.79 Å². The average molecular weight is 358 g/mol. The highest BCUT2D eigenvalue weighted by Gasteiger charge is 2.23. The molecule has 0 aliphatic carbocycles. The van der Waals surface area contributed by atoms with E-state index >= 15 is 0 Å². The average Bonchev–Trinajstić information content (AvgIpc) is 2.98. The third kappa shape index (κ3) is 2.88. The molecular weight excluding hydrogens is 344 g/mol. The Morgan fingerprint density at radius 3 is 2.67 bits per heavy atom. The van der Waals surface area contributed by atoms with Crippen molar-refractivity contribution in [2.75, 3.05) is 0 Å². The Balaban J connectivity index is 2.12. The van der Waals surface area contributed by atoms with Crippen LogP contribution in [0, 0.1) is 13.8 Å². The second-order valence-corrected chi connectivity index (χ2v) is 7.06. The minimum atomic E-state index is -0.978. The van der Waals surface area contributed by atoms with Gasteiger partial charge >= 0.3 is 5.97 Å². The molecule has 1 fully saturated rings. The fraction of sp³-hybridized carbons (Fsp3) is 0.118. The lowest BCUT2D eigenvalue weighted by atomic mass is 10.1. The number of aromatic carboxylic acids is 1. The van der Waals surface area contributed by atoms with Crippen molar-refractivity contribution in [2.24, 2.45) is 0 Å². The maximum Gasteiger partial charge on any atom is 0.337 e. The van der Waals surface area contributed by atoms with Crippen molar-refractivity contribution >= 4 is 46.3 Å². The summed E-state index contributed by atoms with van der Waals surface area (Å²) in [6.45, 7) is 3.80. The summed E-state index contributed by atoms with van der Waals surface area (Å²) in [6.07, 6.45) is 1.78. The van der Waals surface area contributed by atoms with Gasteiger partial charge in [0.1, 0.15) is 4.32 Å². The molecule has 5 nitrogen and oxygen atoms in total. The van der Waals surface area contributed by atoms with Gasteiger partial charge in [0.2, 0.25) is 0 Å². The first kappa shape index (κ1) is 16.5. The van der Waals surface area contributed by atoms with Crippen molar-refractivity contribution in [2.45, 2.75) is 13.8 Å². The molecule has 7 heteroatoms. The Bertz CT molecular complexity index is 913. The van der Waals surface area contributed by atoms with Crippen molar-refractivity contribution in [1.82, 2.24) is 9.88 Å². The van der Waals surface area contributed by atoms with Crippen molar-refractivity contribution < 1.29 is 14.7 Å². The van der Waals surface area contributed by atoms with Gasteiger partial charge in [0.15, 0.2) is 0 Å². The van der Waals surface area contributed by atoms with Crippen LogP contribution in [0.5, 0.6) is 0 Å². The third-order valence-corrected chi connectivity index (χ3v) is 4.94. The fourth-order valence-electron chi connectivity index (χ4n) is 2.72. The Morgan fingerprint density at radius 2 is 2.04 bits per heavy atom. The number of carbonyl (C=O) groups is 2. The molecule has 1 aliphatic heterocycles. The molecular formula is C17H14N2O3S2. The lowest BCUT2D eigenvalue weighted by Crippen LogP contribution is -2.17. The van der Waals surface area contributed by atoms with Crippen LogP contribution >= 0.6 is 24.0 Å². The smallest absolute Gasteiger partial charge is 0.337 e. The highest BCUT2D eigenvalue weighted by molar-refractivity contribution is 8.26. The number of carboxylic acids is 1. The second kappa shape index (κ2) is 6.26. The molecule has 1 saturated heterocycles. The number of thioether (sulfide) groups is 1. The molecule has 1 aromatic heterocycles. The minimum Gasteiger partial charge on any atom is -0.478 e. The Kier molecular flexibility index (Phi) is 4.29. The number of aromatic nitrogens is 1. The number of para-hydroxylation sites is 1. The van der Waals surface area contributed by atoms with Gasteiger partial charge in [-0.2, -0.15) is 0 Å². The van der Waals surface area contributed by atoms with Gasteiger partial charge < -0.3 is 15.0 Å². The number of hydrogen-bond donors (Lipinski definition) is 2. The normalized spacial score (nSPS) is 15.8. The Labute approximate surface area is 148 Å². The lowest BCUT2D eigenvalue weighted by molar-refractivity contribution is -0.115. The zero-order valence-corrected chi connectivity index (χ0v) is 14.6. The van der Waals surface area contributed by atoms with E-state index in [0.29, 0.717) is 14.9 Å². The van der Waals surface area contributed by atoms with Gasteiger partial charge in [-0.15, -0.1) is 0 Å². The van der Waals surface area contributed by atoms with Gasteiger partial charge in [-0.3, -0.25) is 4.79 Å². The second-order valence-electron chi connectivity index (χ2n) is 5.34. The Morgan fingerprint density at radius 1 is 1.33 bits per heavy atom. The molecule has 122 valence electrons. The maximum absolute atomic E-state index is 11.8. The molecule has 1 amide bonds. The van der Waals surface area contributed by atoms with Crippen molar-refractivity contribution in [3.05, 3.63) is 57.8 Å². The van der Waals surface area contributed by atoms with E-state index in [0.717, 1.165) is 17.0 Å². The Hall–Kier alpha value is -2.38. The first-order valence-electron chi connectivity index (χ1n) is 7.15. The maximum atomic E-state index is 11.8. The summed E-state index contributed by atoms with van der Waals surface area (Å²) in [4.78, 5) is 23.9. The number of carbonyl (C=O) groups excluding carboxylic acids is 1. The first-order chi connectivity index (χ1) is 11.4. The highest BCUT2D eigenvalue weighted by Crippen LogP contribution is 2.29. The summed E-state index contributed by atoms with van der Waals surface area (Å²) in [7, 11) is 0. The van der Waals surface area contributed by atoms with E-state index in [2.05, 4.69) is 5.32 Å². The van der Waals surface area contributed by atoms with Crippen LogP contribution in [0.25, 0.3) is 11.8 Å².